The Morgan fingerprint density at radius 1 is 1.36 bits per heavy atom. The summed E-state index contributed by atoms with van der Waals surface area (Å²) < 4.78 is 0. The summed E-state index contributed by atoms with van der Waals surface area (Å²) in [5.41, 5.74) is 2.63. The van der Waals surface area contributed by atoms with Crippen LogP contribution in [0.3, 0.4) is 0 Å². The number of fused-ring (bicyclic) bond motifs is 1. The highest BCUT2D eigenvalue weighted by Gasteiger charge is 2.26. The predicted molar refractivity (Wildman–Crippen MR) is 124 cm³/mol. The maximum atomic E-state index is 13.1. The van der Waals surface area contributed by atoms with E-state index in [1.165, 1.54) is 22.9 Å². The quantitative estimate of drug-likeness (QED) is 0.648. The molecule has 0 fully saturated rings. The minimum absolute atomic E-state index is 0.0965. The molecule has 0 unspecified atom stereocenters. The van der Waals surface area contributed by atoms with E-state index in [0.717, 1.165) is 12.0 Å². The van der Waals surface area contributed by atoms with Crippen molar-refractivity contribution in [2.24, 2.45) is 0 Å². The van der Waals surface area contributed by atoms with Crippen LogP contribution < -0.4 is 15.5 Å². The number of carbonyl (C=O) groups excluding carboxylic acids is 3. The van der Waals surface area contributed by atoms with Gasteiger partial charge in [-0.05, 0) is 38.3 Å². The average molecular weight is 450 g/mol. The number of anilines is 3. The van der Waals surface area contributed by atoms with Crippen molar-refractivity contribution >= 4 is 35.5 Å². The van der Waals surface area contributed by atoms with E-state index in [9.17, 15) is 19.6 Å². The van der Waals surface area contributed by atoms with Gasteiger partial charge in [-0.1, -0.05) is 0 Å². The van der Waals surface area contributed by atoms with Gasteiger partial charge in [0.25, 0.3) is 0 Å². The van der Waals surface area contributed by atoms with Crippen LogP contribution in [0.5, 0.6) is 0 Å². The van der Waals surface area contributed by atoms with Gasteiger partial charge in [0.15, 0.2) is 6.29 Å². The number of urea groups is 1. The van der Waals surface area contributed by atoms with Crippen LogP contribution >= 0.6 is 0 Å². The number of aryl methyl sites for hydroxylation is 1. The smallest absolute Gasteiger partial charge is 0.328 e. The van der Waals surface area contributed by atoms with Crippen LogP contribution in [0.25, 0.3) is 0 Å². The van der Waals surface area contributed by atoms with Crippen LogP contribution in [-0.4, -0.2) is 52.7 Å². The molecule has 0 spiro atoms. The number of hydrogen-bond donors (Lipinski definition) is 2. The normalized spacial score (nSPS) is 12.5. The summed E-state index contributed by atoms with van der Waals surface area (Å²) >= 11 is 0. The Morgan fingerprint density at radius 3 is 2.76 bits per heavy atom. The zero-order valence-electron chi connectivity index (χ0n) is 19.2. The molecule has 0 bridgehead atoms. The van der Waals surface area contributed by atoms with Gasteiger partial charge in [-0.25, -0.2) is 14.8 Å². The van der Waals surface area contributed by atoms with Crippen molar-refractivity contribution in [2.45, 2.75) is 46.2 Å². The number of aldehydes is 1. The van der Waals surface area contributed by atoms with Crippen LogP contribution in [0, 0.1) is 11.3 Å². The van der Waals surface area contributed by atoms with Crippen molar-refractivity contribution in [3.05, 3.63) is 40.7 Å². The Bertz CT molecular complexity index is 1120. The van der Waals surface area contributed by atoms with E-state index < -0.39 is 6.03 Å². The highest BCUT2D eigenvalue weighted by molar-refractivity contribution is 6.01. The lowest BCUT2D eigenvalue weighted by Gasteiger charge is -2.29. The zero-order valence-corrected chi connectivity index (χ0v) is 19.2. The molecule has 1 aliphatic rings. The van der Waals surface area contributed by atoms with Crippen LogP contribution in [0.2, 0.25) is 0 Å². The van der Waals surface area contributed by atoms with E-state index in [1.807, 2.05) is 19.9 Å². The lowest BCUT2D eigenvalue weighted by atomic mass is 10.0. The molecule has 33 heavy (non-hydrogen) atoms. The fourth-order valence-electron chi connectivity index (χ4n) is 3.57. The standard InChI is InChI=1S/C23H27N7O3/c1-14(2)26-19-9-21(25-11-18(19)10-24)28-23(33)30-7-5-6-16-8-17(12-29(4)15(3)32)20(13-31)27-22(16)30/h8-9,11,13-14H,5-7,12H2,1-4H3,(H2,25,26,28,33). The van der Waals surface area contributed by atoms with Crippen molar-refractivity contribution in [3.63, 3.8) is 0 Å². The number of nitrogens with one attached hydrogen (secondary N) is 2. The molecular formula is C23H27N7O3. The molecule has 0 atom stereocenters. The molecule has 10 heteroatoms. The molecule has 0 saturated carbocycles. The van der Waals surface area contributed by atoms with E-state index in [2.05, 4.69) is 26.7 Å². The molecule has 2 N–H and O–H groups in total. The number of nitriles is 1. The number of amides is 3. The van der Waals surface area contributed by atoms with E-state index in [-0.39, 0.29) is 24.2 Å². The van der Waals surface area contributed by atoms with Crippen molar-refractivity contribution in [2.75, 3.05) is 29.1 Å². The van der Waals surface area contributed by atoms with Gasteiger partial charge in [0.05, 0.1) is 11.3 Å². The van der Waals surface area contributed by atoms with Crippen LogP contribution in [-0.2, 0) is 17.8 Å². The van der Waals surface area contributed by atoms with E-state index in [4.69, 9.17) is 0 Å². The molecule has 3 heterocycles. The minimum Gasteiger partial charge on any atom is -0.382 e. The van der Waals surface area contributed by atoms with Crippen molar-refractivity contribution < 1.29 is 14.4 Å². The molecule has 172 valence electrons. The second-order valence-corrected chi connectivity index (χ2v) is 8.22. The molecule has 0 radical (unpaired) electrons. The molecule has 3 rings (SSSR count). The molecule has 0 saturated heterocycles. The third-order valence-corrected chi connectivity index (χ3v) is 5.28. The summed E-state index contributed by atoms with van der Waals surface area (Å²) in [4.78, 5) is 48.0. The fraction of sp³-hybridized carbons (Fsp3) is 0.391. The van der Waals surface area contributed by atoms with Crippen LogP contribution in [0.15, 0.2) is 18.3 Å². The lowest BCUT2D eigenvalue weighted by Crippen LogP contribution is -2.40. The number of aromatic nitrogens is 2. The Kier molecular flexibility index (Phi) is 7.23. The average Bonchev–Trinajstić information content (AvgIpc) is 2.77. The Labute approximate surface area is 192 Å². The van der Waals surface area contributed by atoms with Gasteiger partial charge in [0, 0.05) is 50.9 Å². The monoisotopic (exact) mass is 449 g/mol. The van der Waals surface area contributed by atoms with Crippen molar-refractivity contribution in [3.8, 4) is 6.07 Å². The van der Waals surface area contributed by atoms with Gasteiger partial charge in [-0.15, -0.1) is 0 Å². The first-order chi connectivity index (χ1) is 15.7. The van der Waals surface area contributed by atoms with Crippen LogP contribution in [0.1, 0.15) is 54.4 Å². The van der Waals surface area contributed by atoms with Crippen LogP contribution in [0.4, 0.5) is 22.1 Å². The fourth-order valence-corrected chi connectivity index (χ4v) is 3.57. The summed E-state index contributed by atoms with van der Waals surface area (Å²) in [7, 11) is 1.66. The first kappa shape index (κ1) is 23.7. The molecular weight excluding hydrogens is 422 g/mol. The molecule has 2 aromatic rings. The molecule has 3 amide bonds. The minimum atomic E-state index is -0.429. The Morgan fingerprint density at radius 2 is 2.12 bits per heavy atom. The number of nitrogens with zero attached hydrogens (tertiary/aromatic N) is 5. The highest BCUT2D eigenvalue weighted by atomic mass is 16.2. The SMILES string of the molecule is CC(=O)N(C)Cc1cc2c(nc1C=O)N(C(=O)Nc1cc(NC(C)C)c(C#N)cn1)CCC2. The van der Waals surface area contributed by atoms with Gasteiger partial charge < -0.3 is 10.2 Å². The lowest BCUT2D eigenvalue weighted by molar-refractivity contribution is -0.128. The number of pyridine rings is 2. The Hall–Kier alpha value is -4.00. The second kappa shape index (κ2) is 10.1. The van der Waals surface area contributed by atoms with Gasteiger partial charge in [-0.2, -0.15) is 5.26 Å². The van der Waals surface area contributed by atoms with E-state index >= 15 is 0 Å². The van der Waals surface area contributed by atoms with E-state index in [0.29, 0.717) is 47.7 Å². The van der Waals surface area contributed by atoms with E-state index in [1.54, 1.807) is 13.1 Å². The topological polar surface area (TPSA) is 131 Å². The number of hydrogen-bond acceptors (Lipinski definition) is 7. The maximum Gasteiger partial charge on any atom is 0.328 e. The summed E-state index contributed by atoms with van der Waals surface area (Å²) in [5.74, 6) is 0.598. The van der Waals surface area contributed by atoms with Gasteiger partial charge >= 0.3 is 6.03 Å². The summed E-state index contributed by atoms with van der Waals surface area (Å²) in [5, 5.41) is 15.2. The number of rotatable bonds is 6. The van der Waals surface area contributed by atoms with Gasteiger partial charge in [0.1, 0.15) is 23.4 Å². The largest absolute Gasteiger partial charge is 0.382 e. The van der Waals surface area contributed by atoms with Gasteiger partial charge in [0.2, 0.25) is 5.91 Å². The number of carbonyl (C=O) groups is 3. The molecule has 0 aliphatic carbocycles. The first-order valence-corrected chi connectivity index (χ1v) is 10.7. The highest BCUT2D eigenvalue weighted by Crippen LogP contribution is 2.28. The third kappa shape index (κ3) is 5.44. The molecule has 0 aromatic carbocycles. The summed E-state index contributed by atoms with van der Waals surface area (Å²) in [6.45, 7) is 6.05. The van der Waals surface area contributed by atoms with Crippen molar-refractivity contribution in [1.82, 2.24) is 14.9 Å². The molecule has 1 aliphatic heterocycles. The first-order valence-electron chi connectivity index (χ1n) is 10.7. The predicted octanol–water partition coefficient (Wildman–Crippen LogP) is 2.94. The zero-order chi connectivity index (χ0) is 24.1. The summed E-state index contributed by atoms with van der Waals surface area (Å²) in [6.07, 6.45) is 3.48. The third-order valence-electron chi connectivity index (χ3n) is 5.28. The molecule has 10 nitrogen and oxygen atoms in total. The Balaban J connectivity index is 1.87. The summed E-state index contributed by atoms with van der Waals surface area (Å²) in [6, 6.07) is 5.21. The second-order valence-electron chi connectivity index (χ2n) is 8.22. The van der Waals surface area contributed by atoms with Gasteiger partial charge in [-0.3, -0.25) is 19.8 Å². The maximum absolute atomic E-state index is 13.1. The molecule has 2 aromatic heterocycles. The van der Waals surface area contributed by atoms with Crippen molar-refractivity contribution in [1.29, 1.82) is 5.26 Å².